The number of amides is 1. The first-order valence-electron chi connectivity index (χ1n) is 6.85. The Morgan fingerprint density at radius 3 is 2.57 bits per heavy atom. The van der Waals surface area contributed by atoms with Gasteiger partial charge < -0.3 is 14.8 Å². The molecule has 7 nitrogen and oxygen atoms in total. The average molecular weight is 297 g/mol. The van der Waals surface area contributed by atoms with Crippen molar-refractivity contribution in [3.05, 3.63) is 18.0 Å². The van der Waals surface area contributed by atoms with Gasteiger partial charge in [-0.05, 0) is 33.8 Å². The van der Waals surface area contributed by atoms with Gasteiger partial charge in [0.2, 0.25) is 0 Å². The van der Waals surface area contributed by atoms with Crippen molar-refractivity contribution in [2.24, 2.45) is 0 Å². The predicted molar refractivity (Wildman–Crippen MR) is 76.8 cm³/mol. The van der Waals surface area contributed by atoms with E-state index in [2.05, 4.69) is 10.4 Å². The van der Waals surface area contributed by atoms with Gasteiger partial charge in [-0.1, -0.05) is 0 Å². The second kappa shape index (κ2) is 7.10. The zero-order valence-corrected chi connectivity index (χ0v) is 13.2. The Bertz CT molecular complexity index is 491. The standard InChI is InChI=1S/C14H23N3O4/c1-6-17-8-7-10(16-17)9-11(12(18)20-5)15-13(19)21-14(2,3)4/h7-8,11H,6,9H2,1-5H3,(H,15,19). The topological polar surface area (TPSA) is 82.5 Å². The van der Waals surface area contributed by atoms with Gasteiger partial charge in [-0.15, -0.1) is 0 Å². The number of ether oxygens (including phenoxy) is 2. The summed E-state index contributed by atoms with van der Waals surface area (Å²) in [6.07, 6.45) is 1.41. The molecule has 1 aromatic rings. The van der Waals surface area contributed by atoms with Crippen LogP contribution in [-0.2, 0) is 27.2 Å². The lowest BCUT2D eigenvalue weighted by molar-refractivity contribution is -0.143. The van der Waals surface area contributed by atoms with Crippen molar-refractivity contribution in [2.45, 2.75) is 52.3 Å². The van der Waals surface area contributed by atoms with Crippen LogP contribution < -0.4 is 5.32 Å². The Morgan fingerprint density at radius 2 is 2.10 bits per heavy atom. The van der Waals surface area contributed by atoms with E-state index in [1.54, 1.807) is 31.5 Å². The molecule has 1 N–H and O–H groups in total. The fourth-order valence-corrected chi connectivity index (χ4v) is 1.68. The highest BCUT2D eigenvalue weighted by molar-refractivity contribution is 5.81. The van der Waals surface area contributed by atoms with E-state index in [0.717, 1.165) is 6.54 Å². The highest BCUT2D eigenvalue weighted by Gasteiger charge is 2.25. The van der Waals surface area contributed by atoms with Gasteiger partial charge in [0.05, 0.1) is 12.8 Å². The molecule has 0 aliphatic carbocycles. The highest BCUT2D eigenvalue weighted by Crippen LogP contribution is 2.08. The molecule has 0 aliphatic heterocycles. The van der Waals surface area contributed by atoms with Crippen molar-refractivity contribution < 1.29 is 19.1 Å². The van der Waals surface area contributed by atoms with Crippen molar-refractivity contribution >= 4 is 12.1 Å². The molecule has 118 valence electrons. The number of aromatic nitrogens is 2. The molecule has 0 saturated carbocycles. The fraction of sp³-hybridized carbons (Fsp3) is 0.643. The van der Waals surface area contributed by atoms with Gasteiger partial charge in [-0.25, -0.2) is 9.59 Å². The molecular formula is C14H23N3O4. The first-order valence-corrected chi connectivity index (χ1v) is 6.85. The van der Waals surface area contributed by atoms with Crippen LogP contribution in [0.2, 0.25) is 0 Å². The van der Waals surface area contributed by atoms with Crippen LogP contribution in [0.3, 0.4) is 0 Å². The minimum absolute atomic E-state index is 0.249. The van der Waals surface area contributed by atoms with Gasteiger partial charge in [-0.3, -0.25) is 4.68 Å². The van der Waals surface area contributed by atoms with Crippen molar-refractivity contribution in [3.63, 3.8) is 0 Å². The quantitative estimate of drug-likeness (QED) is 0.833. The lowest BCUT2D eigenvalue weighted by Gasteiger charge is -2.22. The molecule has 1 amide bonds. The van der Waals surface area contributed by atoms with Crippen LogP contribution in [0.4, 0.5) is 4.79 Å². The fourth-order valence-electron chi connectivity index (χ4n) is 1.68. The van der Waals surface area contributed by atoms with Gasteiger partial charge >= 0.3 is 12.1 Å². The summed E-state index contributed by atoms with van der Waals surface area (Å²) in [5.41, 5.74) is 0.0671. The Labute approximate surface area is 124 Å². The maximum Gasteiger partial charge on any atom is 0.408 e. The van der Waals surface area contributed by atoms with E-state index in [1.807, 2.05) is 13.1 Å². The first kappa shape index (κ1) is 17.0. The molecule has 1 atom stereocenters. The molecule has 0 fully saturated rings. The Kier molecular flexibility index (Phi) is 5.75. The smallest absolute Gasteiger partial charge is 0.408 e. The minimum Gasteiger partial charge on any atom is -0.467 e. The minimum atomic E-state index is -0.829. The number of hydrogen-bond donors (Lipinski definition) is 1. The van der Waals surface area contributed by atoms with E-state index in [9.17, 15) is 9.59 Å². The summed E-state index contributed by atoms with van der Waals surface area (Å²) in [7, 11) is 1.27. The summed E-state index contributed by atoms with van der Waals surface area (Å²) < 4.78 is 11.6. The highest BCUT2D eigenvalue weighted by atomic mass is 16.6. The van der Waals surface area contributed by atoms with Crippen LogP contribution in [-0.4, -0.2) is 40.6 Å². The summed E-state index contributed by atoms with van der Waals surface area (Å²) in [6, 6.07) is 0.973. The largest absolute Gasteiger partial charge is 0.467 e. The molecule has 1 unspecified atom stereocenters. The maximum atomic E-state index is 11.8. The number of nitrogens with zero attached hydrogens (tertiary/aromatic N) is 2. The number of esters is 1. The number of aryl methyl sites for hydroxylation is 1. The van der Waals surface area contributed by atoms with E-state index >= 15 is 0 Å². The Morgan fingerprint density at radius 1 is 1.43 bits per heavy atom. The van der Waals surface area contributed by atoms with E-state index in [4.69, 9.17) is 9.47 Å². The van der Waals surface area contributed by atoms with Crippen LogP contribution in [0.5, 0.6) is 0 Å². The summed E-state index contributed by atoms with van der Waals surface area (Å²) >= 11 is 0. The molecule has 1 aromatic heterocycles. The number of carbonyl (C=O) groups excluding carboxylic acids is 2. The van der Waals surface area contributed by atoms with Gasteiger partial charge in [0.1, 0.15) is 11.6 Å². The second-order valence-electron chi connectivity index (χ2n) is 5.59. The number of rotatable bonds is 5. The molecule has 21 heavy (non-hydrogen) atoms. The Balaban J connectivity index is 2.72. The third kappa shape index (κ3) is 5.85. The SMILES string of the molecule is CCn1ccc(CC(NC(=O)OC(C)(C)C)C(=O)OC)n1. The van der Waals surface area contributed by atoms with Gasteiger partial charge in [0.15, 0.2) is 0 Å². The molecule has 0 saturated heterocycles. The monoisotopic (exact) mass is 297 g/mol. The van der Waals surface area contributed by atoms with Crippen LogP contribution in [0.1, 0.15) is 33.4 Å². The van der Waals surface area contributed by atoms with E-state index in [1.165, 1.54) is 7.11 Å². The molecule has 7 heteroatoms. The summed E-state index contributed by atoms with van der Waals surface area (Å²) in [6.45, 7) is 7.96. The van der Waals surface area contributed by atoms with E-state index in [0.29, 0.717) is 5.69 Å². The van der Waals surface area contributed by atoms with Crippen LogP contribution in [0.15, 0.2) is 12.3 Å². The van der Waals surface area contributed by atoms with Crippen molar-refractivity contribution in [1.29, 1.82) is 0 Å². The molecule has 0 bridgehead atoms. The number of nitrogens with one attached hydrogen (secondary N) is 1. The molecule has 1 heterocycles. The molecular weight excluding hydrogens is 274 g/mol. The van der Waals surface area contributed by atoms with Crippen LogP contribution in [0, 0.1) is 0 Å². The zero-order chi connectivity index (χ0) is 16.0. The van der Waals surface area contributed by atoms with Crippen molar-refractivity contribution in [1.82, 2.24) is 15.1 Å². The molecule has 1 rings (SSSR count). The molecule has 0 radical (unpaired) electrons. The van der Waals surface area contributed by atoms with Crippen LogP contribution >= 0.6 is 0 Å². The third-order valence-corrected chi connectivity index (χ3v) is 2.61. The number of alkyl carbamates (subject to hydrolysis) is 1. The summed E-state index contributed by atoms with van der Waals surface area (Å²) in [4.78, 5) is 23.5. The zero-order valence-electron chi connectivity index (χ0n) is 13.2. The maximum absolute atomic E-state index is 11.8. The van der Waals surface area contributed by atoms with Crippen molar-refractivity contribution in [2.75, 3.05) is 7.11 Å². The third-order valence-electron chi connectivity index (χ3n) is 2.61. The lowest BCUT2D eigenvalue weighted by atomic mass is 10.1. The lowest BCUT2D eigenvalue weighted by Crippen LogP contribution is -2.45. The van der Waals surface area contributed by atoms with E-state index < -0.39 is 23.7 Å². The predicted octanol–water partition coefficient (Wildman–Crippen LogP) is 1.51. The first-order chi connectivity index (χ1) is 9.75. The van der Waals surface area contributed by atoms with E-state index in [-0.39, 0.29) is 6.42 Å². The molecule has 0 aliphatic rings. The van der Waals surface area contributed by atoms with Crippen molar-refractivity contribution in [3.8, 4) is 0 Å². The summed E-state index contributed by atoms with van der Waals surface area (Å²) in [5.74, 6) is -0.535. The number of methoxy groups -OCH3 is 1. The normalized spacial score (nSPS) is 12.6. The van der Waals surface area contributed by atoms with Crippen LogP contribution in [0.25, 0.3) is 0 Å². The summed E-state index contributed by atoms with van der Waals surface area (Å²) in [5, 5.41) is 6.80. The van der Waals surface area contributed by atoms with Gasteiger partial charge in [-0.2, -0.15) is 5.10 Å². The number of carbonyl (C=O) groups is 2. The molecule has 0 aromatic carbocycles. The molecule has 0 spiro atoms. The Hall–Kier alpha value is -2.05. The van der Waals surface area contributed by atoms with Gasteiger partial charge in [0.25, 0.3) is 0 Å². The number of hydrogen-bond acceptors (Lipinski definition) is 5. The average Bonchev–Trinajstić information content (AvgIpc) is 2.82. The second-order valence-corrected chi connectivity index (χ2v) is 5.59. The van der Waals surface area contributed by atoms with Gasteiger partial charge in [0, 0.05) is 19.2 Å².